The highest BCUT2D eigenvalue weighted by Crippen LogP contribution is 2.37. The van der Waals surface area contributed by atoms with E-state index in [1.165, 1.54) is 36.1 Å². The fourth-order valence-electron chi connectivity index (χ4n) is 3.68. The van der Waals surface area contributed by atoms with Gasteiger partial charge in [-0.05, 0) is 35.2 Å². The van der Waals surface area contributed by atoms with E-state index in [1.807, 2.05) is 26.8 Å². The van der Waals surface area contributed by atoms with E-state index in [0.717, 1.165) is 11.8 Å². The third-order valence-corrected chi connectivity index (χ3v) is 5.89. The van der Waals surface area contributed by atoms with Gasteiger partial charge in [-0.3, -0.25) is 23.9 Å². The van der Waals surface area contributed by atoms with Gasteiger partial charge in [0.2, 0.25) is 15.9 Å². The molecule has 2 aromatic carbocycles. The number of nitrogens with zero attached hydrogens (tertiary/aromatic N) is 1. The molecule has 0 radical (unpaired) electrons. The molecule has 10 nitrogen and oxygen atoms in total. The van der Waals surface area contributed by atoms with Crippen LogP contribution >= 0.6 is 0 Å². The molecule has 0 aliphatic rings. The van der Waals surface area contributed by atoms with Crippen LogP contribution in [0.3, 0.4) is 0 Å². The summed E-state index contributed by atoms with van der Waals surface area (Å²) in [6.07, 6.45) is 5.75. The summed E-state index contributed by atoms with van der Waals surface area (Å²) >= 11 is 0. The molecular formula is C25H28N4O6S. The van der Waals surface area contributed by atoms with Crippen LogP contribution in [0.5, 0.6) is 5.75 Å². The summed E-state index contributed by atoms with van der Waals surface area (Å²) < 4.78 is 32.5. The lowest BCUT2D eigenvalue weighted by Gasteiger charge is -2.25. The quantitative estimate of drug-likeness (QED) is 0.413. The normalized spacial score (nSPS) is 12.0. The highest BCUT2D eigenvalue weighted by Gasteiger charge is 2.22. The van der Waals surface area contributed by atoms with E-state index >= 15 is 0 Å². The third kappa shape index (κ3) is 6.11. The smallest absolute Gasteiger partial charge is 0.332 e. The molecule has 0 unspecified atom stereocenters. The zero-order valence-electron chi connectivity index (χ0n) is 20.6. The van der Waals surface area contributed by atoms with Crippen molar-refractivity contribution < 1.29 is 17.9 Å². The largest absolute Gasteiger partial charge is 0.496 e. The van der Waals surface area contributed by atoms with Crippen LogP contribution in [0, 0.1) is 0 Å². The second kappa shape index (κ2) is 9.86. The summed E-state index contributed by atoms with van der Waals surface area (Å²) in [7, 11) is -2.00. The van der Waals surface area contributed by atoms with Crippen LogP contribution in [0.25, 0.3) is 17.8 Å². The lowest BCUT2D eigenvalue weighted by atomic mass is 9.84. The molecule has 0 aliphatic carbocycles. The van der Waals surface area contributed by atoms with Gasteiger partial charge in [0.05, 0.1) is 19.1 Å². The summed E-state index contributed by atoms with van der Waals surface area (Å²) in [6, 6.07) is 9.23. The number of H-pyrrole nitrogens is 1. The van der Waals surface area contributed by atoms with Crippen molar-refractivity contribution in [3.8, 4) is 11.4 Å². The predicted octanol–water partition coefficient (Wildman–Crippen LogP) is 2.47. The number of rotatable bonds is 7. The Morgan fingerprint density at radius 1 is 1.08 bits per heavy atom. The Morgan fingerprint density at radius 2 is 1.75 bits per heavy atom. The van der Waals surface area contributed by atoms with Gasteiger partial charge < -0.3 is 10.5 Å². The minimum absolute atomic E-state index is 0.114. The average Bonchev–Trinajstić information content (AvgIpc) is 2.75. The molecule has 11 heteroatoms. The average molecular weight is 513 g/mol. The standard InChI is InChI=1S/C25H28N4O6S/c1-25(2,3)20-14-18(29-11-10-21(30)27-24(29)32)12-16(22(20)35-4)7-6-15-8-9-17(28-36(5,33)34)13-19(15)23(26)31/h6-14,28H,1-5H3,(H2,26,31)(H,27,30,32)/b7-6+. The number of hydrogen-bond acceptors (Lipinski definition) is 6. The first kappa shape index (κ1) is 26.5. The second-order valence-corrected chi connectivity index (χ2v) is 11.0. The van der Waals surface area contributed by atoms with Crippen LogP contribution in [0.15, 0.2) is 52.2 Å². The van der Waals surface area contributed by atoms with E-state index in [1.54, 1.807) is 24.3 Å². The van der Waals surface area contributed by atoms with Crippen molar-refractivity contribution in [3.05, 3.63) is 85.7 Å². The maximum absolute atomic E-state index is 12.5. The molecule has 1 aromatic heterocycles. The van der Waals surface area contributed by atoms with Crippen molar-refractivity contribution in [2.45, 2.75) is 26.2 Å². The van der Waals surface area contributed by atoms with E-state index in [9.17, 15) is 22.8 Å². The first-order valence-electron chi connectivity index (χ1n) is 10.8. The first-order valence-corrected chi connectivity index (χ1v) is 12.7. The fourth-order valence-corrected chi connectivity index (χ4v) is 4.23. The van der Waals surface area contributed by atoms with Crippen molar-refractivity contribution in [2.75, 3.05) is 18.1 Å². The van der Waals surface area contributed by atoms with E-state index in [-0.39, 0.29) is 16.7 Å². The van der Waals surface area contributed by atoms with Gasteiger partial charge in [-0.2, -0.15) is 0 Å². The van der Waals surface area contributed by atoms with Crippen LogP contribution in [-0.2, 0) is 15.4 Å². The first-order chi connectivity index (χ1) is 16.7. The number of aromatic nitrogens is 2. The van der Waals surface area contributed by atoms with Crippen LogP contribution in [0.1, 0.15) is 47.8 Å². The van der Waals surface area contributed by atoms with Crippen molar-refractivity contribution in [3.63, 3.8) is 0 Å². The molecule has 3 rings (SSSR count). The number of aromatic amines is 1. The molecule has 4 N–H and O–H groups in total. The molecule has 190 valence electrons. The van der Waals surface area contributed by atoms with Crippen molar-refractivity contribution >= 4 is 33.8 Å². The highest BCUT2D eigenvalue weighted by atomic mass is 32.2. The lowest BCUT2D eigenvalue weighted by Crippen LogP contribution is -2.28. The van der Waals surface area contributed by atoms with Gasteiger partial charge >= 0.3 is 5.69 Å². The topological polar surface area (TPSA) is 153 Å². The van der Waals surface area contributed by atoms with Gasteiger partial charge in [0.25, 0.3) is 5.56 Å². The monoisotopic (exact) mass is 512 g/mol. The Balaban J connectivity index is 2.20. The number of nitrogens with one attached hydrogen (secondary N) is 2. The molecule has 0 spiro atoms. The van der Waals surface area contributed by atoms with E-state index in [4.69, 9.17) is 10.5 Å². The Hall–Kier alpha value is -4.12. The number of amides is 1. The molecule has 0 atom stereocenters. The minimum atomic E-state index is -3.54. The minimum Gasteiger partial charge on any atom is -0.496 e. The molecule has 0 saturated carbocycles. The SMILES string of the molecule is COc1c(/C=C/c2ccc(NS(C)(=O)=O)cc2C(N)=O)cc(-n2ccc(=O)[nH]c2=O)cc1C(C)(C)C. The number of sulfonamides is 1. The maximum atomic E-state index is 12.5. The number of methoxy groups -OCH3 is 1. The van der Waals surface area contributed by atoms with Gasteiger partial charge in [0.15, 0.2) is 0 Å². The number of anilines is 1. The molecule has 0 fully saturated rings. The summed E-state index contributed by atoms with van der Waals surface area (Å²) in [5.74, 6) is -0.168. The zero-order valence-corrected chi connectivity index (χ0v) is 21.4. The lowest BCUT2D eigenvalue weighted by molar-refractivity contribution is 0.1000. The van der Waals surface area contributed by atoms with Crippen molar-refractivity contribution in [1.29, 1.82) is 0 Å². The van der Waals surface area contributed by atoms with Gasteiger partial charge in [-0.15, -0.1) is 0 Å². The number of hydrogen-bond donors (Lipinski definition) is 3. The summed E-state index contributed by atoms with van der Waals surface area (Å²) in [6.45, 7) is 5.99. The highest BCUT2D eigenvalue weighted by molar-refractivity contribution is 7.92. The van der Waals surface area contributed by atoms with Crippen LogP contribution in [0.2, 0.25) is 0 Å². The van der Waals surface area contributed by atoms with Gasteiger partial charge in [0.1, 0.15) is 5.75 Å². The summed E-state index contributed by atoms with van der Waals surface area (Å²) in [5, 5.41) is 0. The summed E-state index contributed by atoms with van der Waals surface area (Å²) in [4.78, 5) is 38.3. The van der Waals surface area contributed by atoms with Crippen LogP contribution in [-0.4, -0.2) is 37.2 Å². The number of carbonyl (C=O) groups is 1. The van der Waals surface area contributed by atoms with Crippen LogP contribution in [0.4, 0.5) is 5.69 Å². The molecule has 3 aromatic rings. The Kier molecular flexibility index (Phi) is 7.25. The molecule has 1 amide bonds. The zero-order chi connectivity index (χ0) is 26.8. The third-order valence-electron chi connectivity index (χ3n) is 5.28. The Labute approximate surface area is 208 Å². The molecule has 0 bridgehead atoms. The Bertz CT molecular complexity index is 1580. The molecule has 36 heavy (non-hydrogen) atoms. The number of primary amides is 1. The number of ether oxygens (including phenoxy) is 1. The van der Waals surface area contributed by atoms with Gasteiger partial charge in [-0.25, -0.2) is 13.2 Å². The number of benzene rings is 2. The number of nitrogens with two attached hydrogens (primary N) is 1. The van der Waals surface area contributed by atoms with Gasteiger partial charge in [0, 0.05) is 34.6 Å². The van der Waals surface area contributed by atoms with E-state index in [0.29, 0.717) is 22.6 Å². The van der Waals surface area contributed by atoms with Crippen molar-refractivity contribution in [1.82, 2.24) is 9.55 Å². The number of carbonyl (C=O) groups excluding carboxylic acids is 1. The molecule has 1 heterocycles. The van der Waals surface area contributed by atoms with Crippen LogP contribution < -0.4 is 26.4 Å². The summed E-state index contributed by atoms with van der Waals surface area (Å²) in [5.41, 5.74) is 6.76. The molecule has 0 aliphatic heterocycles. The predicted molar refractivity (Wildman–Crippen MR) is 140 cm³/mol. The second-order valence-electron chi connectivity index (χ2n) is 9.22. The van der Waals surface area contributed by atoms with E-state index < -0.39 is 27.2 Å². The van der Waals surface area contributed by atoms with Crippen molar-refractivity contribution in [2.24, 2.45) is 5.73 Å². The fraction of sp³-hybridized carbons (Fsp3) is 0.240. The van der Waals surface area contributed by atoms with E-state index in [2.05, 4.69) is 9.71 Å². The van der Waals surface area contributed by atoms with Gasteiger partial charge in [-0.1, -0.05) is 39.0 Å². The molecule has 0 saturated heterocycles. The molecular weight excluding hydrogens is 484 g/mol. The Morgan fingerprint density at radius 3 is 2.31 bits per heavy atom. The maximum Gasteiger partial charge on any atom is 0.332 e.